The van der Waals surface area contributed by atoms with Crippen molar-refractivity contribution in [1.29, 1.82) is 0 Å². The SMILES string of the molecule is COC(=O)C(CCc1ccc2ccccc2c1)N(C)C(=O)OC(C)(C)C. The van der Waals surface area contributed by atoms with Gasteiger partial charge in [-0.15, -0.1) is 0 Å². The van der Waals surface area contributed by atoms with Gasteiger partial charge in [0, 0.05) is 7.05 Å². The molecule has 0 aliphatic carbocycles. The van der Waals surface area contributed by atoms with Gasteiger partial charge in [0.2, 0.25) is 0 Å². The summed E-state index contributed by atoms with van der Waals surface area (Å²) >= 11 is 0. The molecule has 5 heteroatoms. The highest BCUT2D eigenvalue weighted by molar-refractivity contribution is 5.83. The number of esters is 1. The standard InChI is InChI=1S/C21H27NO4/c1-21(2,3)26-20(24)22(4)18(19(23)25-5)13-11-15-10-12-16-8-6-7-9-17(16)14-15/h6-10,12,14,18H,11,13H2,1-5H3. The van der Waals surface area contributed by atoms with Gasteiger partial charge in [-0.2, -0.15) is 0 Å². The second kappa shape index (κ2) is 8.21. The Morgan fingerprint density at radius 3 is 2.35 bits per heavy atom. The van der Waals surface area contributed by atoms with E-state index >= 15 is 0 Å². The zero-order valence-electron chi connectivity index (χ0n) is 16.1. The molecule has 1 atom stereocenters. The van der Waals surface area contributed by atoms with E-state index in [2.05, 4.69) is 24.3 Å². The molecule has 2 aromatic carbocycles. The van der Waals surface area contributed by atoms with Crippen LogP contribution in [0.5, 0.6) is 0 Å². The molecule has 0 saturated carbocycles. The van der Waals surface area contributed by atoms with Gasteiger partial charge in [0.15, 0.2) is 0 Å². The monoisotopic (exact) mass is 357 g/mol. The highest BCUT2D eigenvalue weighted by Gasteiger charge is 2.30. The topological polar surface area (TPSA) is 55.8 Å². The number of fused-ring (bicyclic) bond motifs is 1. The first kappa shape index (κ1) is 19.8. The lowest BCUT2D eigenvalue weighted by atomic mass is 10.0. The fourth-order valence-corrected chi connectivity index (χ4v) is 2.76. The van der Waals surface area contributed by atoms with Gasteiger partial charge in [-0.05, 0) is 49.9 Å². The summed E-state index contributed by atoms with van der Waals surface area (Å²) in [5.41, 5.74) is 0.486. The van der Waals surface area contributed by atoms with Crippen molar-refractivity contribution < 1.29 is 19.1 Å². The van der Waals surface area contributed by atoms with Crippen LogP contribution in [0, 0.1) is 0 Å². The average molecular weight is 357 g/mol. The minimum Gasteiger partial charge on any atom is -0.467 e. The number of ether oxygens (including phenoxy) is 2. The Bertz CT molecular complexity index is 779. The number of carbonyl (C=O) groups is 2. The van der Waals surface area contributed by atoms with Crippen LogP contribution in [0.4, 0.5) is 4.79 Å². The average Bonchev–Trinajstić information content (AvgIpc) is 2.59. The van der Waals surface area contributed by atoms with Crippen LogP contribution in [0.25, 0.3) is 10.8 Å². The second-order valence-electron chi connectivity index (χ2n) is 7.35. The van der Waals surface area contributed by atoms with E-state index in [-0.39, 0.29) is 0 Å². The predicted octanol–water partition coefficient (Wildman–Crippen LogP) is 4.18. The summed E-state index contributed by atoms with van der Waals surface area (Å²) < 4.78 is 10.2. The van der Waals surface area contributed by atoms with E-state index in [1.807, 2.05) is 18.2 Å². The quantitative estimate of drug-likeness (QED) is 0.753. The Labute approximate surface area is 154 Å². The van der Waals surface area contributed by atoms with Crippen molar-refractivity contribution in [2.24, 2.45) is 0 Å². The van der Waals surface area contributed by atoms with E-state index in [0.29, 0.717) is 12.8 Å². The molecular formula is C21H27NO4. The molecule has 2 aromatic rings. The smallest absolute Gasteiger partial charge is 0.410 e. The Hall–Kier alpha value is -2.56. The van der Waals surface area contributed by atoms with Gasteiger partial charge in [0.1, 0.15) is 11.6 Å². The highest BCUT2D eigenvalue weighted by atomic mass is 16.6. The van der Waals surface area contributed by atoms with Crippen molar-refractivity contribution in [2.75, 3.05) is 14.2 Å². The van der Waals surface area contributed by atoms with Crippen molar-refractivity contribution in [3.63, 3.8) is 0 Å². The largest absolute Gasteiger partial charge is 0.467 e. The van der Waals surface area contributed by atoms with Gasteiger partial charge >= 0.3 is 12.1 Å². The molecule has 26 heavy (non-hydrogen) atoms. The number of aryl methyl sites for hydroxylation is 1. The third-order valence-electron chi connectivity index (χ3n) is 4.14. The van der Waals surface area contributed by atoms with E-state index in [4.69, 9.17) is 9.47 Å². The molecule has 0 aliphatic heterocycles. The molecule has 0 spiro atoms. The third-order valence-corrected chi connectivity index (χ3v) is 4.14. The summed E-state index contributed by atoms with van der Waals surface area (Å²) in [5.74, 6) is -0.445. The van der Waals surface area contributed by atoms with Crippen molar-refractivity contribution in [2.45, 2.75) is 45.3 Å². The molecule has 0 bridgehead atoms. The maximum atomic E-state index is 12.3. The molecule has 0 fully saturated rings. The summed E-state index contributed by atoms with van der Waals surface area (Å²) in [6.45, 7) is 5.38. The number of rotatable bonds is 5. The normalized spacial score (nSPS) is 12.5. The van der Waals surface area contributed by atoms with Gasteiger partial charge in [-0.25, -0.2) is 9.59 Å². The molecule has 0 radical (unpaired) electrons. The summed E-state index contributed by atoms with van der Waals surface area (Å²) in [6.07, 6.45) is 0.574. The van der Waals surface area contributed by atoms with Crippen LogP contribution in [0.1, 0.15) is 32.8 Å². The second-order valence-corrected chi connectivity index (χ2v) is 7.35. The van der Waals surface area contributed by atoms with Crippen molar-refractivity contribution in [3.05, 3.63) is 48.0 Å². The number of hydrogen-bond acceptors (Lipinski definition) is 4. The highest BCUT2D eigenvalue weighted by Crippen LogP contribution is 2.19. The Morgan fingerprint density at radius 1 is 1.08 bits per heavy atom. The van der Waals surface area contributed by atoms with E-state index < -0.39 is 23.7 Å². The minimum absolute atomic E-state index is 0.445. The number of likely N-dealkylation sites (N-methyl/N-ethyl adjacent to an activating group) is 1. The van der Waals surface area contributed by atoms with Crippen molar-refractivity contribution >= 4 is 22.8 Å². The molecule has 140 valence electrons. The lowest BCUT2D eigenvalue weighted by Gasteiger charge is -2.29. The van der Waals surface area contributed by atoms with Crippen LogP contribution >= 0.6 is 0 Å². The van der Waals surface area contributed by atoms with Crippen LogP contribution in [-0.4, -0.2) is 42.8 Å². The molecule has 1 amide bonds. The van der Waals surface area contributed by atoms with E-state index in [1.54, 1.807) is 27.8 Å². The molecule has 0 aliphatic rings. The fraction of sp³-hybridized carbons (Fsp3) is 0.429. The van der Waals surface area contributed by atoms with Gasteiger partial charge in [0.05, 0.1) is 7.11 Å². The van der Waals surface area contributed by atoms with Crippen LogP contribution in [0.15, 0.2) is 42.5 Å². The predicted molar refractivity (Wildman–Crippen MR) is 102 cm³/mol. The zero-order chi connectivity index (χ0) is 19.3. The third kappa shape index (κ3) is 5.22. The first-order valence-corrected chi connectivity index (χ1v) is 8.72. The number of hydrogen-bond donors (Lipinski definition) is 0. The summed E-state index contributed by atoms with van der Waals surface area (Å²) in [4.78, 5) is 25.8. The Morgan fingerprint density at radius 2 is 1.73 bits per heavy atom. The van der Waals surface area contributed by atoms with Gasteiger partial charge < -0.3 is 9.47 Å². The van der Waals surface area contributed by atoms with Crippen LogP contribution in [-0.2, 0) is 20.7 Å². The number of nitrogens with zero attached hydrogens (tertiary/aromatic N) is 1. The van der Waals surface area contributed by atoms with Gasteiger partial charge in [-0.3, -0.25) is 4.90 Å². The maximum Gasteiger partial charge on any atom is 0.410 e. The van der Waals surface area contributed by atoms with Gasteiger partial charge in [0.25, 0.3) is 0 Å². The van der Waals surface area contributed by atoms with E-state index in [9.17, 15) is 9.59 Å². The van der Waals surface area contributed by atoms with Crippen LogP contribution in [0.2, 0.25) is 0 Å². The van der Waals surface area contributed by atoms with Crippen molar-refractivity contribution in [3.8, 4) is 0 Å². The summed E-state index contributed by atoms with van der Waals surface area (Å²) in [5, 5.41) is 2.33. The molecule has 1 unspecified atom stereocenters. The first-order chi connectivity index (χ1) is 12.2. The Balaban J connectivity index is 2.11. The lowest BCUT2D eigenvalue weighted by Crippen LogP contribution is -2.45. The number of amides is 1. The molecule has 0 N–H and O–H groups in total. The summed E-state index contributed by atoms with van der Waals surface area (Å²) in [6, 6.07) is 13.7. The first-order valence-electron chi connectivity index (χ1n) is 8.72. The molecular weight excluding hydrogens is 330 g/mol. The number of carbonyl (C=O) groups excluding carboxylic acids is 2. The van der Waals surface area contributed by atoms with Crippen molar-refractivity contribution in [1.82, 2.24) is 4.90 Å². The molecule has 2 rings (SSSR count). The zero-order valence-corrected chi connectivity index (χ0v) is 16.1. The fourth-order valence-electron chi connectivity index (χ4n) is 2.76. The molecule has 0 saturated heterocycles. The molecule has 5 nitrogen and oxygen atoms in total. The van der Waals surface area contributed by atoms with Crippen LogP contribution in [0.3, 0.4) is 0 Å². The number of benzene rings is 2. The molecule has 0 aromatic heterocycles. The number of methoxy groups -OCH3 is 1. The van der Waals surface area contributed by atoms with E-state index in [0.717, 1.165) is 10.9 Å². The maximum absolute atomic E-state index is 12.3. The van der Waals surface area contributed by atoms with E-state index in [1.165, 1.54) is 17.4 Å². The minimum atomic E-state index is -0.693. The Kier molecular flexibility index (Phi) is 6.24. The lowest BCUT2D eigenvalue weighted by molar-refractivity contribution is -0.146. The summed E-state index contributed by atoms with van der Waals surface area (Å²) in [7, 11) is 2.89. The van der Waals surface area contributed by atoms with Gasteiger partial charge in [-0.1, -0.05) is 42.5 Å². The van der Waals surface area contributed by atoms with Crippen LogP contribution < -0.4 is 0 Å². The molecule has 0 heterocycles.